The highest BCUT2D eigenvalue weighted by Gasteiger charge is 2.29. The molecule has 0 radical (unpaired) electrons. The first-order valence-corrected chi connectivity index (χ1v) is 8.83. The van der Waals surface area contributed by atoms with E-state index in [1.54, 1.807) is 18.2 Å². The minimum Gasteiger partial charge on any atom is -0.465 e. The Bertz CT molecular complexity index is 1070. The molecule has 0 unspecified atom stereocenters. The first kappa shape index (κ1) is 17.5. The van der Waals surface area contributed by atoms with E-state index in [2.05, 4.69) is 10.6 Å². The molecule has 0 atom stereocenters. The van der Waals surface area contributed by atoms with Crippen molar-refractivity contribution < 1.29 is 14.3 Å². The van der Waals surface area contributed by atoms with Crippen LogP contribution in [0.5, 0.6) is 0 Å². The normalized spacial score (nSPS) is 14.1. The van der Waals surface area contributed by atoms with Crippen LogP contribution in [0.1, 0.15) is 21.5 Å². The molecule has 4 rings (SSSR count). The summed E-state index contributed by atoms with van der Waals surface area (Å²) in [7, 11) is 1.33. The van der Waals surface area contributed by atoms with E-state index in [-0.39, 0.29) is 5.91 Å². The number of para-hydroxylation sites is 1. The van der Waals surface area contributed by atoms with E-state index >= 15 is 0 Å². The van der Waals surface area contributed by atoms with Crippen LogP contribution in [0.25, 0.3) is 11.3 Å². The minimum absolute atomic E-state index is 0.223. The smallest absolute Gasteiger partial charge is 0.337 e. The second-order valence-electron chi connectivity index (χ2n) is 6.31. The van der Waals surface area contributed by atoms with Gasteiger partial charge in [0.25, 0.3) is 5.91 Å². The summed E-state index contributed by atoms with van der Waals surface area (Å²) >= 11 is 0. The Balaban J connectivity index is 1.87. The summed E-state index contributed by atoms with van der Waals surface area (Å²) in [6.07, 6.45) is 0. The summed E-state index contributed by atoms with van der Waals surface area (Å²) in [6, 6.07) is 24.4. The molecule has 0 aromatic heterocycles. The van der Waals surface area contributed by atoms with E-state index in [9.17, 15) is 9.59 Å². The van der Waals surface area contributed by atoms with Crippen molar-refractivity contribution in [3.05, 3.63) is 95.6 Å². The molecule has 138 valence electrons. The third-order valence-corrected chi connectivity index (χ3v) is 4.54. The molecular formula is C23H18N2O3. The standard InChI is InChI=1S/C23H18N2O3/c1-28-23(27)16-12-13-18-19(14-16)25-22(26)20(18)21(15-8-4-2-5-9-15)24-17-10-6-3-7-11-17/h2-14,24H,1H3,(H,25,26)/b21-20-. The molecule has 0 saturated heterocycles. The maximum atomic E-state index is 12.9. The van der Waals surface area contributed by atoms with Gasteiger partial charge in [-0.05, 0) is 29.8 Å². The third kappa shape index (κ3) is 3.25. The van der Waals surface area contributed by atoms with Crippen molar-refractivity contribution in [2.75, 3.05) is 17.7 Å². The van der Waals surface area contributed by atoms with Gasteiger partial charge in [-0.2, -0.15) is 0 Å². The van der Waals surface area contributed by atoms with Crippen molar-refractivity contribution in [1.82, 2.24) is 0 Å². The van der Waals surface area contributed by atoms with E-state index in [1.165, 1.54) is 7.11 Å². The molecule has 0 bridgehead atoms. The SMILES string of the molecule is COC(=O)c1ccc2c(c1)NC(=O)/C2=C(\Nc1ccccc1)c1ccccc1. The zero-order valence-electron chi connectivity index (χ0n) is 15.2. The molecule has 5 heteroatoms. The number of anilines is 2. The van der Waals surface area contributed by atoms with Gasteiger partial charge < -0.3 is 15.4 Å². The molecule has 1 heterocycles. The summed E-state index contributed by atoms with van der Waals surface area (Å²) in [5.41, 5.74) is 4.71. The molecule has 2 N–H and O–H groups in total. The van der Waals surface area contributed by atoms with Crippen molar-refractivity contribution in [2.45, 2.75) is 0 Å². The summed E-state index contributed by atoms with van der Waals surface area (Å²) in [5.74, 6) is -0.667. The topological polar surface area (TPSA) is 67.4 Å². The van der Waals surface area contributed by atoms with Crippen LogP contribution in [0.3, 0.4) is 0 Å². The molecule has 5 nitrogen and oxygen atoms in total. The molecular weight excluding hydrogens is 352 g/mol. The average molecular weight is 370 g/mol. The summed E-state index contributed by atoms with van der Waals surface area (Å²) in [6.45, 7) is 0. The lowest BCUT2D eigenvalue weighted by atomic mass is 9.99. The van der Waals surface area contributed by atoms with E-state index in [0.717, 1.165) is 16.8 Å². The molecule has 28 heavy (non-hydrogen) atoms. The van der Waals surface area contributed by atoms with Gasteiger partial charge in [0.2, 0.25) is 0 Å². The maximum Gasteiger partial charge on any atom is 0.337 e. The number of rotatable bonds is 4. The van der Waals surface area contributed by atoms with Gasteiger partial charge in [-0.3, -0.25) is 4.79 Å². The number of carbonyl (C=O) groups is 2. The van der Waals surface area contributed by atoms with Crippen molar-refractivity contribution in [1.29, 1.82) is 0 Å². The fourth-order valence-corrected chi connectivity index (χ4v) is 3.22. The lowest BCUT2D eigenvalue weighted by Crippen LogP contribution is -2.10. The van der Waals surface area contributed by atoms with Crippen LogP contribution < -0.4 is 10.6 Å². The predicted molar refractivity (Wildman–Crippen MR) is 110 cm³/mol. The molecule has 1 aliphatic heterocycles. The molecule has 0 fully saturated rings. The first-order chi connectivity index (χ1) is 13.7. The summed E-state index contributed by atoms with van der Waals surface area (Å²) in [5, 5.41) is 6.24. The highest BCUT2D eigenvalue weighted by Crippen LogP contribution is 2.38. The van der Waals surface area contributed by atoms with Crippen LogP contribution in [-0.2, 0) is 9.53 Å². The molecule has 3 aromatic carbocycles. The van der Waals surface area contributed by atoms with Crippen molar-refractivity contribution >= 4 is 34.5 Å². The Hall–Kier alpha value is -3.86. The van der Waals surface area contributed by atoms with Crippen molar-refractivity contribution in [3.63, 3.8) is 0 Å². The fraction of sp³-hybridized carbons (Fsp3) is 0.0435. The minimum atomic E-state index is -0.444. The number of ether oxygens (including phenoxy) is 1. The van der Waals surface area contributed by atoms with Crippen molar-refractivity contribution in [2.24, 2.45) is 0 Å². The number of benzene rings is 3. The van der Waals surface area contributed by atoms with Gasteiger partial charge in [-0.15, -0.1) is 0 Å². The Labute approximate surface area is 162 Å². The number of hydrogen-bond donors (Lipinski definition) is 2. The summed E-state index contributed by atoms with van der Waals surface area (Å²) < 4.78 is 4.77. The van der Waals surface area contributed by atoms with Gasteiger partial charge in [0, 0.05) is 11.3 Å². The number of hydrogen-bond acceptors (Lipinski definition) is 4. The Morgan fingerprint density at radius 3 is 2.25 bits per heavy atom. The van der Waals surface area contributed by atoms with E-state index in [4.69, 9.17) is 4.74 Å². The molecule has 1 amide bonds. The zero-order valence-corrected chi connectivity index (χ0v) is 15.2. The number of methoxy groups -OCH3 is 1. The quantitative estimate of drug-likeness (QED) is 0.527. The largest absolute Gasteiger partial charge is 0.465 e. The monoisotopic (exact) mass is 370 g/mol. The highest BCUT2D eigenvalue weighted by molar-refractivity contribution is 6.37. The van der Waals surface area contributed by atoms with E-state index in [1.807, 2.05) is 60.7 Å². The van der Waals surface area contributed by atoms with Gasteiger partial charge in [0.15, 0.2) is 0 Å². The van der Waals surface area contributed by atoms with Gasteiger partial charge in [0.1, 0.15) is 0 Å². The van der Waals surface area contributed by atoms with Crippen LogP contribution in [0.4, 0.5) is 11.4 Å². The Morgan fingerprint density at radius 1 is 0.893 bits per heavy atom. The molecule has 0 spiro atoms. The van der Waals surface area contributed by atoms with Crippen LogP contribution in [0.15, 0.2) is 78.9 Å². The maximum absolute atomic E-state index is 12.9. The van der Waals surface area contributed by atoms with E-state index in [0.29, 0.717) is 22.5 Å². The number of carbonyl (C=O) groups excluding carboxylic acids is 2. The number of amides is 1. The lowest BCUT2D eigenvalue weighted by molar-refractivity contribution is -0.110. The van der Waals surface area contributed by atoms with Gasteiger partial charge >= 0.3 is 5.97 Å². The van der Waals surface area contributed by atoms with Gasteiger partial charge in [-0.25, -0.2) is 4.79 Å². The van der Waals surface area contributed by atoms with E-state index < -0.39 is 5.97 Å². The van der Waals surface area contributed by atoms with Gasteiger partial charge in [-0.1, -0.05) is 54.6 Å². The predicted octanol–water partition coefficient (Wildman–Crippen LogP) is 4.41. The second kappa shape index (κ2) is 7.40. The summed E-state index contributed by atoms with van der Waals surface area (Å²) in [4.78, 5) is 24.7. The Kier molecular flexibility index (Phi) is 4.64. The fourth-order valence-electron chi connectivity index (χ4n) is 3.22. The Morgan fingerprint density at radius 2 is 1.57 bits per heavy atom. The third-order valence-electron chi connectivity index (χ3n) is 4.54. The van der Waals surface area contributed by atoms with Crippen LogP contribution in [0, 0.1) is 0 Å². The molecule has 0 saturated carbocycles. The first-order valence-electron chi connectivity index (χ1n) is 8.83. The average Bonchev–Trinajstić information content (AvgIpc) is 3.07. The number of nitrogens with one attached hydrogen (secondary N) is 2. The van der Waals surface area contributed by atoms with Crippen LogP contribution in [-0.4, -0.2) is 19.0 Å². The molecule has 1 aliphatic rings. The van der Waals surface area contributed by atoms with Crippen LogP contribution in [0.2, 0.25) is 0 Å². The van der Waals surface area contributed by atoms with Gasteiger partial charge in [0.05, 0.1) is 29.6 Å². The highest BCUT2D eigenvalue weighted by atomic mass is 16.5. The second-order valence-corrected chi connectivity index (χ2v) is 6.31. The number of esters is 1. The van der Waals surface area contributed by atoms with Crippen molar-refractivity contribution in [3.8, 4) is 0 Å². The zero-order chi connectivity index (χ0) is 19.5. The number of fused-ring (bicyclic) bond motifs is 1. The molecule has 3 aromatic rings. The van der Waals surface area contributed by atoms with Crippen LogP contribution >= 0.6 is 0 Å². The molecule has 0 aliphatic carbocycles. The lowest BCUT2D eigenvalue weighted by Gasteiger charge is -2.14.